The molecular weight excluding hydrogens is 370 g/mol. The molecular formula is C27H51NO2. The molecule has 0 heterocycles. The number of hydrogen-bond donors (Lipinski definition) is 1. The summed E-state index contributed by atoms with van der Waals surface area (Å²) < 4.78 is 12.1. The summed E-state index contributed by atoms with van der Waals surface area (Å²) in [5, 5.41) is 3.44. The summed E-state index contributed by atoms with van der Waals surface area (Å²) in [5.74, 6) is 0. The molecule has 176 valence electrons. The summed E-state index contributed by atoms with van der Waals surface area (Å²) in [4.78, 5) is 0. The topological polar surface area (TPSA) is 30.5 Å². The van der Waals surface area contributed by atoms with Crippen molar-refractivity contribution < 1.29 is 9.47 Å². The van der Waals surface area contributed by atoms with Gasteiger partial charge in [0.25, 0.3) is 0 Å². The van der Waals surface area contributed by atoms with Gasteiger partial charge in [-0.3, -0.25) is 0 Å². The minimum absolute atomic E-state index is 0.101. The molecule has 1 aliphatic rings. The molecule has 1 atom stereocenters. The molecule has 0 aromatic rings. The second-order valence-electron chi connectivity index (χ2n) is 8.91. The zero-order valence-corrected chi connectivity index (χ0v) is 20.3. The van der Waals surface area contributed by atoms with Gasteiger partial charge in [0.2, 0.25) is 0 Å². The maximum Gasteiger partial charge on any atom is 0.0901 e. The van der Waals surface area contributed by atoms with Crippen LogP contribution in [0.2, 0.25) is 0 Å². The monoisotopic (exact) mass is 421 g/mol. The SMILES string of the molecule is CCCCCCCCCCCCC1(OCCOCCNCCCCC)C=CC=CC1. The molecule has 30 heavy (non-hydrogen) atoms. The molecule has 1 rings (SSSR count). The standard InChI is InChI=1S/C27H51NO2/c1-3-5-7-8-9-10-11-12-13-15-19-27(20-16-14-17-21-27)30-26-25-29-24-23-28-22-18-6-4-2/h14,16-17,20,28H,3-13,15,18-19,21-26H2,1-2H3. The number of nitrogens with one attached hydrogen (secondary N) is 1. The Morgan fingerprint density at radius 2 is 1.37 bits per heavy atom. The van der Waals surface area contributed by atoms with Crippen molar-refractivity contribution in [3.05, 3.63) is 24.3 Å². The van der Waals surface area contributed by atoms with Crippen LogP contribution in [0.5, 0.6) is 0 Å². The molecule has 1 aliphatic carbocycles. The fourth-order valence-corrected chi connectivity index (χ4v) is 4.10. The van der Waals surface area contributed by atoms with Crippen LogP contribution < -0.4 is 5.32 Å². The molecule has 0 aromatic carbocycles. The van der Waals surface area contributed by atoms with E-state index < -0.39 is 0 Å². The van der Waals surface area contributed by atoms with Crippen LogP contribution in [0.4, 0.5) is 0 Å². The van der Waals surface area contributed by atoms with Crippen LogP contribution in [0.3, 0.4) is 0 Å². The van der Waals surface area contributed by atoms with Crippen LogP contribution in [0, 0.1) is 0 Å². The largest absolute Gasteiger partial charge is 0.378 e. The average Bonchev–Trinajstić information content (AvgIpc) is 2.77. The Bertz CT molecular complexity index is 395. The van der Waals surface area contributed by atoms with Crippen LogP contribution in [-0.2, 0) is 9.47 Å². The van der Waals surface area contributed by atoms with E-state index >= 15 is 0 Å². The zero-order chi connectivity index (χ0) is 21.6. The Balaban J connectivity index is 2.04. The molecule has 0 radical (unpaired) electrons. The summed E-state index contributed by atoms with van der Waals surface area (Å²) in [7, 11) is 0. The van der Waals surface area contributed by atoms with Crippen molar-refractivity contribution in [2.24, 2.45) is 0 Å². The highest BCUT2D eigenvalue weighted by molar-refractivity contribution is 5.18. The molecule has 0 saturated heterocycles. The molecule has 0 saturated carbocycles. The van der Waals surface area contributed by atoms with Crippen LogP contribution in [0.1, 0.15) is 110 Å². The van der Waals surface area contributed by atoms with E-state index in [0.29, 0.717) is 13.2 Å². The van der Waals surface area contributed by atoms with E-state index in [0.717, 1.165) is 32.5 Å². The van der Waals surface area contributed by atoms with E-state index in [1.165, 1.54) is 83.5 Å². The highest BCUT2D eigenvalue weighted by Gasteiger charge is 2.27. The Kier molecular flexibility index (Phi) is 18.5. The third-order valence-electron chi connectivity index (χ3n) is 6.06. The molecule has 0 amide bonds. The first-order valence-electron chi connectivity index (χ1n) is 13.1. The van der Waals surface area contributed by atoms with Gasteiger partial charge >= 0.3 is 0 Å². The van der Waals surface area contributed by atoms with E-state index in [9.17, 15) is 0 Å². The van der Waals surface area contributed by atoms with Gasteiger partial charge in [0.05, 0.1) is 25.4 Å². The molecule has 0 aliphatic heterocycles. The highest BCUT2D eigenvalue weighted by Crippen LogP contribution is 2.29. The van der Waals surface area contributed by atoms with Crippen molar-refractivity contribution in [3.8, 4) is 0 Å². The summed E-state index contributed by atoms with van der Waals surface area (Å²) in [6.07, 6.45) is 28.6. The molecule has 1 unspecified atom stereocenters. The number of allylic oxidation sites excluding steroid dienone is 2. The lowest BCUT2D eigenvalue weighted by Crippen LogP contribution is -2.32. The van der Waals surface area contributed by atoms with Crippen LogP contribution >= 0.6 is 0 Å². The van der Waals surface area contributed by atoms with E-state index in [2.05, 4.69) is 43.5 Å². The highest BCUT2D eigenvalue weighted by atomic mass is 16.5. The third kappa shape index (κ3) is 15.2. The van der Waals surface area contributed by atoms with Crippen LogP contribution in [0.15, 0.2) is 24.3 Å². The molecule has 0 fully saturated rings. The second-order valence-corrected chi connectivity index (χ2v) is 8.91. The van der Waals surface area contributed by atoms with E-state index in [4.69, 9.17) is 9.47 Å². The molecule has 3 heteroatoms. The number of unbranched alkanes of at least 4 members (excludes halogenated alkanes) is 11. The molecule has 3 nitrogen and oxygen atoms in total. The van der Waals surface area contributed by atoms with Gasteiger partial charge in [0.1, 0.15) is 0 Å². The van der Waals surface area contributed by atoms with E-state index in [-0.39, 0.29) is 5.60 Å². The van der Waals surface area contributed by atoms with Gasteiger partial charge in [-0.2, -0.15) is 0 Å². The predicted molar refractivity (Wildman–Crippen MR) is 131 cm³/mol. The van der Waals surface area contributed by atoms with Crippen molar-refractivity contribution in [2.75, 3.05) is 32.9 Å². The van der Waals surface area contributed by atoms with E-state index in [1.54, 1.807) is 0 Å². The van der Waals surface area contributed by atoms with Crippen molar-refractivity contribution in [2.45, 2.75) is 116 Å². The first kappa shape index (κ1) is 27.4. The lowest BCUT2D eigenvalue weighted by molar-refractivity contribution is -0.0428. The molecule has 0 spiro atoms. The number of hydrogen-bond acceptors (Lipinski definition) is 3. The Labute approximate surface area is 188 Å². The van der Waals surface area contributed by atoms with Crippen molar-refractivity contribution in [1.29, 1.82) is 0 Å². The fraction of sp³-hybridized carbons (Fsp3) is 0.852. The zero-order valence-electron chi connectivity index (χ0n) is 20.3. The molecule has 0 aromatic heterocycles. The summed E-state index contributed by atoms with van der Waals surface area (Å²) in [5.41, 5.74) is -0.101. The minimum Gasteiger partial charge on any atom is -0.378 e. The Hall–Kier alpha value is -0.640. The first-order chi connectivity index (χ1) is 14.8. The summed E-state index contributed by atoms with van der Waals surface area (Å²) >= 11 is 0. The predicted octanol–water partition coefficient (Wildman–Crippen LogP) is 7.37. The lowest BCUT2D eigenvalue weighted by Gasteiger charge is -2.31. The summed E-state index contributed by atoms with van der Waals surface area (Å²) in [6, 6.07) is 0. The van der Waals surface area contributed by atoms with Crippen molar-refractivity contribution in [1.82, 2.24) is 5.32 Å². The second kappa shape index (κ2) is 20.3. The maximum atomic E-state index is 6.33. The third-order valence-corrected chi connectivity index (χ3v) is 6.06. The Morgan fingerprint density at radius 3 is 2.03 bits per heavy atom. The molecule has 0 bridgehead atoms. The average molecular weight is 422 g/mol. The van der Waals surface area contributed by atoms with Gasteiger partial charge in [-0.05, 0) is 25.8 Å². The van der Waals surface area contributed by atoms with Crippen LogP contribution in [-0.4, -0.2) is 38.5 Å². The Morgan fingerprint density at radius 1 is 0.700 bits per heavy atom. The van der Waals surface area contributed by atoms with Gasteiger partial charge in [-0.25, -0.2) is 0 Å². The maximum absolute atomic E-state index is 6.33. The normalized spacial score (nSPS) is 18.3. The van der Waals surface area contributed by atoms with Crippen molar-refractivity contribution in [3.63, 3.8) is 0 Å². The van der Waals surface area contributed by atoms with Gasteiger partial charge < -0.3 is 14.8 Å². The van der Waals surface area contributed by atoms with Gasteiger partial charge in [0, 0.05) is 6.54 Å². The van der Waals surface area contributed by atoms with Gasteiger partial charge in [-0.1, -0.05) is 115 Å². The summed E-state index contributed by atoms with van der Waals surface area (Å²) in [6.45, 7) is 8.72. The van der Waals surface area contributed by atoms with E-state index in [1.807, 2.05) is 0 Å². The van der Waals surface area contributed by atoms with Gasteiger partial charge in [-0.15, -0.1) is 0 Å². The quantitative estimate of drug-likeness (QED) is 0.185. The van der Waals surface area contributed by atoms with Gasteiger partial charge in [0.15, 0.2) is 0 Å². The lowest BCUT2D eigenvalue weighted by atomic mass is 9.89. The smallest absolute Gasteiger partial charge is 0.0901 e. The molecule has 1 N–H and O–H groups in total. The van der Waals surface area contributed by atoms with Crippen molar-refractivity contribution >= 4 is 0 Å². The minimum atomic E-state index is -0.101. The number of ether oxygens (including phenoxy) is 2. The van der Waals surface area contributed by atoms with Crippen LogP contribution in [0.25, 0.3) is 0 Å². The number of rotatable bonds is 22. The fourth-order valence-electron chi connectivity index (χ4n) is 4.10. The first-order valence-corrected chi connectivity index (χ1v) is 13.1.